The van der Waals surface area contributed by atoms with Gasteiger partial charge in [-0.1, -0.05) is 0 Å². The fourth-order valence-corrected chi connectivity index (χ4v) is 2.21. The number of hydrogen-bond acceptors (Lipinski definition) is 8. The van der Waals surface area contributed by atoms with Crippen LogP contribution in [0.3, 0.4) is 0 Å². The third-order valence-electron chi connectivity index (χ3n) is 3.02. The Hall–Kier alpha value is -0.710. The van der Waals surface area contributed by atoms with Gasteiger partial charge in [-0.25, -0.2) is 0 Å². The molecule has 8 nitrogen and oxygen atoms in total. The van der Waals surface area contributed by atoms with Crippen LogP contribution in [-0.4, -0.2) is 95.2 Å². The summed E-state index contributed by atoms with van der Waals surface area (Å²) < 4.78 is 21.1. The Labute approximate surface area is 167 Å². The van der Waals surface area contributed by atoms with Crippen molar-refractivity contribution in [3.05, 3.63) is 0 Å². The molecule has 0 bridgehead atoms. The molecule has 0 aromatic heterocycles. The topological polar surface area (TPSA) is 95.1 Å². The van der Waals surface area contributed by atoms with E-state index in [4.69, 9.17) is 18.9 Å². The molecule has 0 rings (SSSR count). The lowest BCUT2D eigenvalue weighted by atomic mass is 10.1. The van der Waals surface area contributed by atoms with Crippen LogP contribution in [0.15, 0.2) is 0 Å². The first-order valence-corrected chi connectivity index (χ1v) is 10.6. The van der Waals surface area contributed by atoms with E-state index in [9.17, 15) is 9.59 Å². The van der Waals surface area contributed by atoms with Gasteiger partial charge >= 0.3 is 0 Å². The van der Waals surface area contributed by atoms with E-state index in [2.05, 4.69) is 31.4 Å². The van der Waals surface area contributed by atoms with Crippen molar-refractivity contribution < 1.29 is 28.5 Å². The lowest BCUT2D eigenvalue weighted by molar-refractivity contribution is -0.126. The minimum absolute atomic E-state index is 0.00423. The highest BCUT2D eigenvalue weighted by Gasteiger charge is 2.07. The van der Waals surface area contributed by atoms with Crippen LogP contribution in [0.1, 0.15) is 20.8 Å². The van der Waals surface area contributed by atoms with Gasteiger partial charge in [0.2, 0.25) is 5.91 Å². The van der Waals surface area contributed by atoms with E-state index >= 15 is 0 Å². The molecule has 0 spiro atoms. The number of nitrogens with one attached hydrogen (secondary N) is 2. The quantitative estimate of drug-likeness (QED) is 0.317. The number of ketones is 1. The van der Waals surface area contributed by atoms with Crippen molar-refractivity contribution >= 4 is 23.5 Å². The molecule has 0 aliphatic rings. The number of Topliss-reactive ketones (excluding diaryl/α,β-unsaturated/α-hetero) is 1. The highest BCUT2D eigenvalue weighted by atomic mass is 32.2. The molecule has 0 aromatic carbocycles. The molecule has 0 saturated carbocycles. The monoisotopic (exact) mass is 408 g/mol. The Balaban J connectivity index is 3.27. The molecule has 2 N–H and O–H groups in total. The minimum Gasteiger partial charge on any atom is -0.378 e. The molecular weight excluding hydrogens is 372 g/mol. The molecule has 0 radical (unpaired) electrons. The Morgan fingerprint density at radius 1 is 0.815 bits per heavy atom. The second-order valence-electron chi connectivity index (χ2n) is 6.83. The number of amides is 1. The number of thioether (sulfide) groups is 1. The Bertz CT molecular complexity index is 391. The van der Waals surface area contributed by atoms with Gasteiger partial charge in [0.1, 0.15) is 13.2 Å². The van der Waals surface area contributed by atoms with Gasteiger partial charge in [-0.15, -0.1) is 0 Å². The molecule has 0 unspecified atom stereocenters. The average molecular weight is 409 g/mol. The number of ether oxygens (including phenoxy) is 4. The fraction of sp³-hybridized carbons (Fsp3) is 0.889. The van der Waals surface area contributed by atoms with Gasteiger partial charge in [0.25, 0.3) is 0 Å². The van der Waals surface area contributed by atoms with Crippen LogP contribution < -0.4 is 10.6 Å². The second-order valence-corrected chi connectivity index (χ2v) is 7.69. The number of carbonyl (C=O) groups is 2. The van der Waals surface area contributed by atoms with Gasteiger partial charge < -0.3 is 29.6 Å². The number of rotatable bonds is 18. The molecule has 0 aromatic rings. The van der Waals surface area contributed by atoms with Gasteiger partial charge in [0.15, 0.2) is 5.78 Å². The molecule has 27 heavy (non-hydrogen) atoms. The summed E-state index contributed by atoms with van der Waals surface area (Å²) in [7, 11) is 0. The fourth-order valence-electron chi connectivity index (χ4n) is 1.81. The largest absolute Gasteiger partial charge is 0.378 e. The van der Waals surface area contributed by atoms with Crippen LogP contribution in [0.5, 0.6) is 0 Å². The normalized spacial score (nSPS) is 11.6. The first-order chi connectivity index (χ1) is 12.8. The number of hydrogen-bond donors (Lipinski definition) is 2. The second kappa shape index (κ2) is 17.4. The summed E-state index contributed by atoms with van der Waals surface area (Å²) in [5.74, 6) is 0.351. The van der Waals surface area contributed by atoms with Gasteiger partial charge in [-0.3, -0.25) is 9.59 Å². The standard InChI is InChI=1S/C18H36N2O6S/c1-18(2,3)20-6-8-24-10-12-26-14-17(22)19-5-7-23-9-11-25-13-16(21)15-27-4/h20H,5-15H2,1-4H3,(H,19,22). The summed E-state index contributed by atoms with van der Waals surface area (Å²) >= 11 is 1.48. The summed E-state index contributed by atoms with van der Waals surface area (Å²) in [4.78, 5) is 22.8. The highest BCUT2D eigenvalue weighted by molar-refractivity contribution is 7.99. The van der Waals surface area contributed by atoms with Crippen molar-refractivity contribution in [2.24, 2.45) is 0 Å². The van der Waals surface area contributed by atoms with E-state index in [1.165, 1.54) is 11.8 Å². The summed E-state index contributed by atoms with van der Waals surface area (Å²) in [5, 5.41) is 6.02. The van der Waals surface area contributed by atoms with Gasteiger partial charge in [-0.05, 0) is 27.0 Å². The maximum absolute atomic E-state index is 11.6. The summed E-state index contributed by atoms with van der Waals surface area (Å²) in [6, 6.07) is 0. The lowest BCUT2D eigenvalue weighted by Gasteiger charge is -2.20. The van der Waals surface area contributed by atoms with Gasteiger partial charge in [0.05, 0.1) is 45.4 Å². The van der Waals surface area contributed by atoms with Crippen LogP contribution in [-0.2, 0) is 28.5 Å². The Morgan fingerprint density at radius 2 is 1.37 bits per heavy atom. The van der Waals surface area contributed by atoms with Crippen molar-refractivity contribution in [1.29, 1.82) is 0 Å². The maximum atomic E-state index is 11.6. The SMILES string of the molecule is CSCC(=O)COCCOCCNC(=O)COCCOCCNC(C)(C)C. The van der Waals surface area contributed by atoms with Crippen molar-refractivity contribution in [2.75, 3.05) is 78.0 Å². The third kappa shape index (κ3) is 21.4. The molecule has 0 atom stereocenters. The van der Waals surface area contributed by atoms with E-state index in [1.807, 2.05) is 6.26 Å². The van der Waals surface area contributed by atoms with Crippen LogP contribution in [0.25, 0.3) is 0 Å². The zero-order valence-corrected chi connectivity index (χ0v) is 18.0. The molecule has 9 heteroatoms. The minimum atomic E-state index is -0.188. The molecule has 0 aliphatic heterocycles. The van der Waals surface area contributed by atoms with Crippen molar-refractivity contribution in [3.8, 4) is 0 Å². The lowest BCUT2D eigenvalue weighted by Crippen LogP contribution is -2.38. The van der Waals surface area contributed by atoms with Crippen LogP contribution in [0, 0.1) is 0 Å². The first-order valence-electron chi connectivity index (χ1n) is 9.18. The smallest absolute Gasteiger partial charge is 0.246 e. The van der Waals surface area contributed by atoms with Gasteiger partial charge in [-0.2, -0.15) is 11.8 Å². The summed E-state index contributed by atoms with van der Waals surface area (Å²) in [5.41, 5.74) is 0.0849. The number of carbonyl (C=O) groups excluding carboxylic acids is 2. The van der Waals surface area contributed by atoms with E-state index in [1.54, 1.807) is 0 Å². The van der Waals surface area contributed by atoms with Crippen molar-refractivity contribution in [3.63, 3.8) is 0 Å². The zero-order valence-electron chi connectivity index (χ0n) is 17.1. The molecule has 0 heterocycles. The Morgan fingerprint density at radius 3 is 1.96 bits per heavy atom. The average Bonchev–Trinajstić information content (AvgIpc) is 2.58. The molecule has 0 aliphatic carbocycles. The van der Waals surface area contributed by atoms with E-state index < -0.39 is 0 Å². The maximum Gasteiger partial charge on any atom is 0.246 e. The van der Waals surface area contributed by atoms with Crippen LogP contribution in [0.4, 0.5) is 0 Å². The molecule has 160 valence electrons. The van der Waals surface area contributed by atoms with Crippen molar-refractivity contribution in [2.45, 2.75) is 26.3 Å². The van der Waals surface area contributed by atoms with Gasteiger partial charge in [0, 0.05) is 18.6 Å². The summed E-state index contributed by atoms with van der Waals surface area (Å²) in [6.45, 7) is 10.2. The molecule has 0 fully saturated rings. The predicted molar refractivity (Wildman–Crippen MR) is 107 cm³/mol. The van der Waals surface area contributed by atoms with E-state index in [0.717, 1.165) is 6.54 Å². The third-order valence-corrected chi connectivity index (χ3v) is 3.63. The van der Waals surface area contributed by atoms with Crippen molar-refractivity contribution in [1.82, 2.24) is 10.6 Å². The highest BCUT2D eigenvalue weighted by Crippen LogP contribution is 1.96. The predicted octanol–water partition coefficient (Wildman–Crippen LogP) is 0.489. The molecule has 0 saturated heterocycles. The molecule has 1 amide bonds. The van der Waals surface area contributed by atoms with Crippen LogP contribution in [0.2, 0.25) is 0 Å². The first kappa shape index (κ1) is 26.3. The van der Waals surface area contributed by atoms with E-state index in [0.29, 0.717) is 51.9 Å². The summed E-state index contributed by atoms with van der Waals surface area (Å²) in [6.07, 6.45) is 1.88. The Kier molecular flexibility index (Phi) is 16.9. The van der Waals surface area contributed by atoms with Crippen LogP contribution >= 0.6 is 11.8 Å². The molecular formula is C18H36N2O6S. The van der Waals surface area contributed by atoms with E-state index in [-0.39, 0.29) is 30.4 Å². The zero-order chi connectivity index (χ0) is 20.4.